The van der Waals surface area contributed by atoms with Crippen molar-refractivity contribution in [2.75, 3.05) is 18.9 Å². The number of carboxylic acid groups (broad SMARTS) is 1. The van der Waals surface area contributed by atoms with E-state index < -0.39 is 16.0 Å². The molecule has 2 N–H and O–H groups in total. The van der Waals surface area contributed by atoms with Crippen LogP contribution in [0.2, 0.25) is 0 Å². The molecule has 1 aliphatic rings. The fourth-order valence-electron chi connectivity index (χ4n) is 2.05. The SMILES string of the molecule is CC(CCNS(=O)(=O)CC1CCCO1)CCC(=O)O. The lowest BCUT2D eigenvalue weighted by molar-refractivity contribution is -0.137. The van der Waals surface area contributed by atoms with Crippen molar-refractivity contribution in [3.63, 3.8) is 0 Å². The van der Waals surface area contributed by atoms with Gasteiger partial charge >= 0.3 is 5.97 Å². The molecule has 0 aliphatic carbocycles. The Morgan fingerprint density at radius 1 is 1.47 bits per heavy atom. The molecule has 2 unspecified atom stereocenters. The Hall–Kier alpha value is -0.660. The van der Waals surface area contributed by atoms with E-state index in [-0.39, 0.29) is 24.2 Å². The molecule has 6 nitrogen and oxygen atoms in total. The average molecular weight is 293 g/mol. The quantitative estimate of drug-likeness (QED) is 0.661. The van der Waals surface area contributed by atoms with E-state index in [1.54, 1.807) is 0 Å². The normalized spacial score (nSPS) is 21.4. The third kappa shape index (κ3) is 7.49. The molecule has 0 bridgehead atoms. The topological polar surface area (TPSA) is 92.7 Å². The van der Waals surface area contributed by atoms with Crippen molar-refractivity contribution in [3.8, 4) is 0 Å². The number of sulfonamides is 1. The zero-order valence-electron chi connectivity index (χ0n) is 11.3. The predicted molar refractivity (Wildman–Crippen MR) is 71.4 cm³/mol. The van der Waals surface area contributed by atoms with E-state index in [0.717, 1.165) is 12.8 Å². The summed E-state index contributed by atoms with van der Waals surface area (Å²) >= 11 is 0. The fraction of sp³-hybridized carbons (Fsp3) is 0.917. The fourth-order valence-corrected chi connectivity index (χ4v) is 3.35. The second kappa shape index (κ2) is 7.81. The maximum Gasteiger partial charge on any atom is 0.303 e. The third-order valence-corrected chi connectivity index (χ3v) is 4.69. The van der Waals surface area contributed by atoms with Crippen molar-refractivity contribution >= 4 is 16.0 Å². The Balaban J connectivity index is 2.17. The lowest BCUT2D eigenvalue weighted by Crippen LogP contribution is -2.33. The molecule has 1 saturated heterocycles. The summed E-state index contributed by atoms with van der Waals surface area (Å²) < 4.78 is 31.3. The molecule has 19 heavy (non-hydrogen) atoms. The molecule has 0 amide bonds. The molecule has 0 aromatic heterocycles. The molecule has 0 radical (unpaired) electrons. The lowest BCUT2D eigenvalue weighted by Gasteiger charge is -2.13. The zero-order chi connectivity index (χ0) is 14.3. The van der Waals surface area contributed by atoms with E-state index in [0.29, 0.717) is 26.0 Å². The summed E-state index contributed by atoms with van der Waals surface area (Å²) in [5, 5.41) is 8.55. The zero-order valence-corrected chi connectivity index (χ0v) is 12.1. The number of hydrogen-bond donors (Lipinski definition) is 2. The molecule has 0 spiro atoms. The largest absolute Gasteiger partial charge is 0.481 e. The van der Waals surface area contributed by atoms with Crippen LogP contribution in [-0.4, -0.2) is 44.5 Å². The standard InChI is InChI=1S/C12H23NO5S/c1-10(4-5-12(14)15)6-7-13-19(16,17)9-11-3-2-8-18-11/h10-11,13H,2-9H2,1H3,(H,14,15). The summed E-state index contributed by atoms with van der Waals surface area (Å²) in [6, 6.07) is 0. The molecule has 112 valence electrons. The second-order valence-corrected chi connectivity index (χ2v) is 6.99. The first-order valence-electron chi connectivity index (χ1n) is 6.70. The van der Waals surface area contributed by atoms with Gasteiger partial charge in [0.05, 0.1) is 11.9 Å². The number of aliphatic carboxylic acids is 1. The second-order valence-electron chi connectivity index (χ2n) is 5.14. The van der Waals surface area contributed by atoms with E-state index in [2.05, 4.69) is 4.72 Å². The minimum atomic E-state index is -3.28. The Kier molecular flexibility index (Phi) is 6.74. The van der Waals surface area contributed by atoms with Gasteiger partial charge in [-0.15, -0.1) is 0 Å². The van der Waals surface area contributed by atoms with Crippen molar-refractivity contribution < 1.29 is 23.1 Å². The Morgan fingerprint density at radius 2 is 2.21 bits per heavy atom. The van der Waals surface area contributed by atoms with Crippen LogP contribution in [0.1, 0.15) is 39.0 Å². The van der Waals surface area contributed by atoms with E-state index in [1.165, 1.54) is 0 Å². The van der Waals surface area contributed by atoms with Crippen molar-refractivity contribution in [3.05, 3.63) is 0 Å². The molecule has 0 aromatic carbocycles. The van der Waals surface area contributed by atoms with Crippen LogP contribution in [0.15, 0.2) is 0 Å². The van der Waals surface area contributed by atoms with Crippen molar-refractivity contribution in [1.82, 2.24) is 4.72 Å². The van der Waals surface area contributed by atoms with E-state index in [9.17, 15) is 13.2 Å². The number of nitrogens with one attached hydrogen (secondary N) is 1. The Morgan fingerprint density at radius 3 is 2.79 bits per heavy atom. The first-order valence-corrected chi connectivity index (χ1v) is 8.35. The van der Waals surface area contributed by atoms with Gasteiger partial charge in [0.1, 0.15) is 0 Å². The molecule has 1 fully saturated rings. The lowest BCUT2D eigenvalue weighted by atomic mass is 10.0. The summed E-state index contributed by atoms with van der Waals surface area (Å²) in [6.07, 6.45) is 2.90. The van der Waals surface area contributed by atoms with Gasteiger partial charge < -0.3 is 9.84 Å². The summed E-state index contributed by atoms with van der Waals surface area (Å²) in [5.74, 6) is -0.594. The van der Waals surface area contributed by atoms with Crippen LogP contribution in [-0.2, 0) is 19.6 Å². The van der Waals surface area contributed by atoms with Crippen molar-refractivity contribution in [2.45, 2.75) is 45.1 Å². The van der Waals surface area contributed by atoms with Crippen LogP contribution in [0, 0.1) is 5.92 Å². The number of hydrogen-bond acceptors (Lipinski definition) is 4. The van der Waals surface area contributed by atoms with Gasteiger partial charge in [-0.3, -0.25) is 4.79 Å². The van der Waals surface area contributed by atoms with E-state index in [1.807, 2.05) is 6.92 Å². The third-order valence-electron chi connectivity index (χ3n) is 3.24. The molecular weight excluding hydrogens is 270 g/mol. The van der Waals surface area contributed by atoms with Gasteiger partial charge in [0.2, 0.25) is 10.0 Å². The first kappa shape index (κ1) is 16.4. The van der Waals surface area contributed by atoms with E-state index in [4.69, 9.17) is 9.84 Å². The van der Waals surface area contributed by atoms with Gasteiger partial charge in [-0.25, -0.2) is 13.1 Å². The van der Waals surface area contributed by atoms with Crippen molar-refractivity contribution in [1.29, 1.82) is 0 Å². The van der Waals surface area contributed by atoms with Crippen LogP contribution >= 0.6 is 0 Å². The number of carboxylic acids is 1. The highest BCUT2D eigenvalue weighted by Crippen LogP contribution is 2.14. The minimum absolute atomic E-state index is 0.0243. The number of rotatable bonds is 9. The summed E-state index contributed by atoms with van der Waals surface area (Å²) in [5.41, 5.74) is 0. The highest BCUT2D eigenvalue weighted by atomic mass is 32.2. The van der Waals surface area contributed by atoms with Crippen LogP contribution < -0.4 is 4.72 Å². The highest BCUT2D eigenvalue weighted by molar-refractivity contribution is 7.89. The van der Waals surface area contributed by atoms with Crippen LogP contribution in [0.25, 0.3) is 0 Å². The van der Waals surface area contributed by atoms with Crippen LogP contribution in [0.3, 0.4) is 0 Å². The molecule has 7 heteroatoms. The molecule has 1 heterocycles. The van der Waals surface area contributed by atoms with Gasteiger partial charge in [0, 0.05) is 19.6 Å². The highest BCUT2D eigenvalue weighted by Gasteiger charge is 2.22. The number of carbonyl (C=O) groups is 1. The average Bonchev–Trinajstić information content (AvgIpc) is 2.78. The summed E-state index contributed by atoms with van der Waals surface area (Å²) in [6.45, 7) is 2.93. The van der Waals surface area contributed by atoms with E-state index >= 15 is 0 Å². The van der Waals surface area contributed by atoms with Gasteiger partial charge in [-0.2, -0.15) is 0 Å². The Labute approximate surface area is 114 Å². The minimum Gasteiger partial charge on any atom is -0.481 e. The molecular formula is C12H23NO5S. The molecule has 1 rings (SSSR count). The molecule has 1 aliphatic heterocycles. The summed E-state index contributed by atoms with van der Waals surface area (Å²) in [7, 11) is -3.28. The van der Waals surface area contributed by atoms with Gasteiger partial charge in [0.15, 0.2) is 0 Å². The smallest absolute Gasteiger partial charge is 0.303 e. The maximum absolute atomic E-state index is 11.7. The van der Waals surface area contributed by atoms with Gasteiger partial charge in [0.25, 0.3) is 0 Å². The molecule has 0 saturated carbocycles. The molecule has 0 aromatic rings. The predicted octanol–water partition coefficient (Wildman–Crippen LogP) is 0.976. The summed E-state index contributed by atoms with van der Waals surface area (Å²) in [4.78, 5) is 10.4. The van der Waals surface area contributed by atoms with Crippen LogP contribution in [0.5, 0.6) is 0 Å². The molecule has 2 atom stereocenters. The number of ether oxygens (including phenoxy) is 1. The van der Waals surface area contributed by atoms with Crippen LogP contribution in [0.4, 0.5) is 0 Å². The first-order chi connectivity index (χ1) is 8.89. The monoisotopic (exact) mass is 293 g/mol. The van der Waals surface area contributed by atoms with Crippen molar-refractivity contribution in [2.24, 2.45) is 5.92 Å². The van der Waals surface area contributed by atoms with Gasteiger partial charge in [-0.05, 0) is 31.6 Å². The van der Waals surface area contributed by atoms with Gasteiger partial charge in [-0.1, -0.05) is 6.92 Å². The Bertz CT molecular complexity index is 376. The maximum atomic E-state index is 11.7.